The molecule has 2 N–H and O–H groups in total. The van der Waals surface area contributed by atoms with Crippen LogP contribution in [0.15, 0.2) is 59.0 Å². The fourth-order valence-corrected chi connectivity index (χ4v) is 3.16. The highest BCUT2D eigenvalue weighted by Crippen LogP contribution is 2.29. The van der Waals surface area contributed by atoms with Gasteiger partial charge >= 0.3 is 0 Å². The molecule has 142 valence electrons. The first kappa shape index (κ1) is 22.6. The highest BCUT2D eigenvalue weighted by atomic mass is 79.9. The molecule has 0 atom stereocenters. The van der Waals surface area contributed by atoms with Crippen molar-refractivity contribution in [1.82, 2.24) is 4.90 Å². The smallest absolute Gasteiger partial charge is 0.145 e. The van der Waals surface area contributed by atoms with E-state index in [2.05, 4.69) is 45.1 Å². The highest BCUT2D eigenvalue weighted by Gasteiger charge is 2.16. The van der Waals surface area contributed by atoms with Crippen LogP contribution in [-0.4, -0.2) is 24.6 Å². The van der Waals surface area contributed by atoms with Crippen LogP contribution in [0.3, 0.4) is 0 Å². The molecular weight excluding hydrogens is 439 g/mol. The molecule has 0 radical (unpaired) electrons. The number of ether oxygens (including phenoxy) is 2. The Morgan fingerprint density at radius 1 is 1.23 bits per heavy atom. The largest absolute Gasteiger partial charge is 0.492 e. The number of hydrogen-bond acceptors (Lipinski definition) is 4. The Balaban J connectivity index is 0.00000169. The molecule has 0 amide bonds. The lowest BCUT2D eigenvalue weighted by Gasteiger charge is -2.28. The highest BCUT2D eigenvalue weighted by molar-refractivity contribution is 9.10. The molecule has 0 spiro atoms. The van der Waals surface area contributed by atoms with Gasteiger partial charge in [-0.1, -0.05) is 30.3 Å². The molecule has 1 fully saturated rings. The molecule has 4 nitrogen and oxygen atoms in total. The van der Waals surface area contributed by atoms with Crippen molar-refractivity contribution in [3.8, 4) is 5.75 Å². The zero-order valence-electron chi connectivity index (χ0n) is 14.5. The molecule has 2 aromatic rings. The Bertz CT molecular complexity index is 719. The molecule has 7 heteroatoms. The third kappa shape index (κ3) is 6.09. The van der Waals surface area contributed by atoms with Crippen molar-refractivity contribution in [2.75, 3.05) is 25.4 Å². The van der Waals surface area contributed by atoms with Crippen molar-refractivity contribution >= 4 is 46.4 Å². The summed E-state index contributed by atoms with van der Waals surface area (Å²) in [5.41, 5.74) is 8.95. The zero-order valence-corrected chi connectivity index (χ0v) is 17.7. The summed E-state index contributed by atoms with van der Waals surface area (Å²) in [5, 5.41) is 0. The second kappa shape index (κ2) is 10.7. The van der Waals surface area contributed by atoms with Crippen molar-refractivity contribution < 1.29 is 9.47 Å². The van der Waals surface area contributed by atoms with Gasteiger partial charge in [0.15, 0.2) is 0 Å². The summed E-state index contributed by atoms with van der Waals surface area (Å²) in [6.07, 6.45) is 1.69. The van der Waals surface area contributed by atoms with Gasteiger partial charge in [0.1, 0.15) is 24.4 Å². The molecule has 1 heterocycles. The number of benzene rings is 2. The molecule has 2 aromatic carbocycles. The third-order valence-corrected chi connectivity index (χ3v) is 4.62. The lowest BCUT2D eigenvalue weighted by atomic mass is 10.2. The van der Waals surface area contributed by atoms with Crippen LogP contribution in [-0.2, 0) is 11.3 Å². The van der Waals surface area contributed by atoms with E-state index < -0.39 is 0 Å². The Morgan fingerprint density at radius 2 is 1.96 bits per heavy atom. The second-order valence-corrected chi connectivity index (χ2v) is 6.74. The minimum absolute atomic E-state index is 0. The number of morpholine rings is 1. The number of anilines is 1. The number of hydrogen-bond donors (Lipinski definition) is 1. The number of nitrogen functional groups attached to an aromatic ring is 1. The first-order chi connectivity index (χ1) is 11.6. The summed E-state index contributed by atoms with van der Waals surface area (Å²) in [6.45, 7) is 5.20. The lowest BCUT2D eigenvalue weighted by Crippen LogP contribution is -2.34. The second-order valence-electron chi connectivity index (χ2n) is 5.88. The van der Waals surface area contributed by atoms with Gasteiger partial charge in [-0.25, -0.2) is 0 Å². The van der Waals surface area contributed by atoms with E-state index in [1.807, 2.05) is 25.1 Å². The van der Waals surface area contributed by atoms with E-state index in [0.29, 0.717) is 6.61 Å². The van der Waals surface area contributed by atoms with E-state index in [1.165, 1.54) is 5.56 Å². The van der Waals surface area contributed by atoms with Crippen molar-refractivity contribution in [3.63, 3.8) is 0 Å². The molecule has 0 aliphatic carbocycles. The molecular formula is C19H23BrCl2N2O2. The summed E-state index contributed by atoms with van der Waals surface area (Å²) in [4.78, 5) is 2.35. The van der Waals surface area contributed by atoms with Gasteiger partial charge in [0.25, 0.3) is 0 Å². The molecule has 3 rings (SSSR count). The van der Waals surface area contributed by atoms with Gasteiger partial charge in [-0.15, -0.1) is 24.8 Å². The van der Waals surface area contributed by atoms with Crippen molar-refractivity contribution in [2.24, 2.45) is 0 Å². The van der Waals surface area contributed by atoms with E-state index in [0.717, 1.165) is 46.9 Å². The molecule has 0 aromatic heterocycles. The lowest BCUT2D eigenvalue weighted by molar-refractivity contribution is 0.0843. The van der Waals surface area contributed by atoms with Crippen LogP contribution in [0.25, 0.3) is 0 Å². The Labute approximate surface area is 175 Å². The van der Waals surface area contributed by atoms with Gasteiger partial charge in [-0.2, -0.15) is 0 Å². The van der Waals surface area contributed by atoms with Crippen LogP contribution in [0.4, 0.5) is 5.69 Å². The van der Waals surface area contributed by atoms with Gasteiger partial charge in [0.2, 0.25) is 0 Å². The quantitative estimate of drug-likeness (QED) is 0.517. The molecule has 0 bridgehead atoms. The van der Waals surface area contributed by atoms with Crippen LogP contribution in [0.1, 0.15) is 11.1 Å². The predicted octanol–water partition coefficient (Wildman–Crippen LogP) is 4.94. The number of nitrogens with two attached hydrogens (primary N) is 1. The SMILES string of the molecule is Cc1cc(OC=C2CN(Cc3ccccc3)CCO2)cc(Br)c1N.Cl.Cl. The minimum Gasteiger partial charge on any atom is -0.492 e. The average molecular weight is 462 g/mol. The first-order valence-electron chi connectivity index (χ1n) is 7.92. The van der Waals surface area contributed by atoms with Gasteiger partial charge < -0.3 is 15.2 Å². The topological polar surface area (TPSA) is 47.7 Å². The molecule has 1 saturated heterocycles. The van der Waals surface area contributed by atoms with Crippen LogP contribution < -0.4 is 10.5 Å². The van der Waals surface area contributed by atoms with Crippen molar-refractivity contribution in [2.45, 2.75) is 13.5 Å². The maximum atomic E-state index is 5.93. The van der Waals surface area contributed by atoms with Gasteiger partial charge in [0.05, 0.1) is 6.54 Å². The predicted molar refractivity (Wildman–Crippen MR) is 114 cm³/mol. The van der Waals surface area contributed by atoms with E-state index >= 15 is 0 Å². The number of nitrogens with zero attached hydrogens (tertiary/aromatic N) is 1. The van der Waals surface area contributed by atoms with Crippen LogP contribution in [0, 0.1) is 6.92 Å². The number of aryl methyl sites for hydroxylation is 1. The van der Waals surface area contributed by atoms with Gasteiger partial charge in [0, 0.05) is 23.2 Å². The monoisotopic (exact) mass is 460 g/mol. The average Bonchev–Trinajstić information content (AvgIpc) is 2.59. The summed E-state index contributed by atoms with van der Waals surface area (Å²) in [7, 11) is 0. The number of halogens is 3. The van der Waals surface area contributed by atoms with Crippen molar-refractivity contribution in [3.05, 3.63) is 70.1 Å². The fraction of sp³-hybridized carbons (Fsp3) is 0.263. The number of rotatable bonds is 4. The summed E-state index contributed by atoms with van der Waals surface area (Å²) >= 11 is 3.44. The first-order valence-corrected chi connectivity index (χ1v) is 8.71. The Morgan fingerprint density at radius 3 is 2.65 bits per heavy atom. The maximum absolute atomic E-state index is 5.93. The van der Waals surface area contributed by atoms with Gasteiger partial charge in [-0.05, 0) is 46.1 Å². The van der Waals surface area contributed by atoms with Crippen LogP contribution >= 0.6 is 40.7 Å². The molecule has 0 saturated carbocycles. The Kier molecular flexibility index (Phi) is 9.30. The zero-order chi connectivity index (χ0) is 16.9. The summed E-state index contributed by atoms with van der Waals surface area (Å²) in [5.74, 6) is 1.58. The molecule has 1 aliphatic rings. The van der Waals surface area contributed by atoms with Crippen molar-refractivity contribution in [1.29, 1.82) is 0 Å². The van der Waals surface area contributed by atoms with E-state index in [1.54, 1.807) is 6.26 Å². The maximum Gasteiger partial charge on any atom is 0.145 e. The van der Waals surface area contributed by atoms with E-state index in [9.17, 15) is 0 Å². The standard InChI is InChI=1S/C19H21BrN2O2.2ClH/c1-14-9-16(10-18(20)19(14)21)24-13-17-12-22(7-8-23-17)11-15-5-3-2-4-6-15;;/h2-6,9-10,13H,7-8,11-12,21H2,1H3;2*1H. The summed E-state index contributed by atoms with van der Waals surface area (Å²) < 4.78 is 12.3. The van der Waals surface area contributed by atoms with Crippen LogP contribution in [0.5, 0.6) is 5.75 Å². The third-order valence-electron chi connectivity index (χ3n) is 3.96. The molecule has 0 unspecified atom stereocenters. The molecule has 26 heavy (non-hydrogen) atoms. The minimum atomic E-state index is 0. The van der Waals surface area contributed by atoms with E-state index in [-0.39, 0.29) is 24.8 Å². The summed E-state index contributed by atoms with van der Waals surface area (Å²) in [6, 6.07) is 14.2. The van der Waals surface area contributed by atoms with E-state index in [4.69, 9.17) is 15.2 Å². The Hall–Kier alpha value is -1.40. The normalized spacial score (nSPS) is 15.5. The molecule has 1 aliphatic heterocycles. The fourth-order valence-electron chi connectivity index (χ4n) is 2.62. The van der Waals surface area contributed by atoms with Gasteiger partial charge in [-0.3, -0.25) is 4.90 Å². The van der Waals surface area contributed by atoms with Crippen LogP contribution in [0.2, 0.25) is 0 Å².